The second kappa shape index (κ2) is 4.28. The van der Waals surface area contributed by atoms with E-state index in [1.54, 1.807) is 0 Å². The standard InChI is InChI=1S/C10H9N3O2S/c1-15-10(14)8-9(11)12-5-6(13-8)7-3-2-4-16-7/h2-5H,1H3,(H2,11,12). The van der Waals surface area contributed by atoms with Crippen LogP contribution in [0.15, 0.2) is 23.7 Å². The Morgan fingerprint density at radius 1 is 1.56 bits per heavy atom. The first kappa shape index (κ1) is 10.6. The molecule has 16 heavy (non-hydrogen) atoms. The monoisotopic (exact) mass is 235 g/mol. The van der Waals surface area contributed by atoms with Gasteiger partial charge in [-0.05, 0) is 11.4 Å². The lowest BCUT2D eigenvalue weighted by Gasteiger charge is -2.03. The summed E-state index contributed by atoms with van der Waals surface area (Å²) in [5.41, 5.74) is 6.21. The molecule has 0 unspecified atom stereocenters. The summed E-state index contributed by atoms with van der Waals surface area (Å²) in [6.45, 7) is 0. The van der Waals surface area contributed by atoms with E-state index in [0.29, 0.717) is 5.69 Å². The fraction of sp³-hybridized carbons (Fsp3) is 0.100. The van der Waals surface area contributed by atoms with Gasteiger partial charge in [0.25, 0.3) is 0 Å². The Morgan fingerprint density at radius 2 is 2.38 bits per heavy atom. The number of aromatic nitrogens is 2. The van der Waals surface area contributed by atoms with Crippen molar-refractivity contribution < 1.29 is 9.53 Å². The highest BCUT2D eigenvalue weighted by Crippen LogP contribution is 2.23. The summed E-state index contributed by atoms with van der Waals surface area (Å²) in [4.78, 5) is 20.3. The molecule has 5 nitrogen and oxygen atoms in total. The van der Waals surface area contributed by atoms with Crippen LogP contribution in [0.4, 0.5) is 5.82 Å². The van der Waals surface area contributed by atoms with Crippen LogP contribution >= 0.6 is 11.3 Å². The van der Waals surface area contributed by atoms with Crippen LogP contribution in [0, 0.1) is 0 Å². The molecule has 2 heterocycles. The van der Waals surface area contributed by atoms with E-state index < -0.39 is 5.97 Å². The third-order valence-electron chi connectivity index (χ3n) is 1.95. The fourth-order valence-electron chi connectivity index (χ4n) is 1.19. The van der Waals surface area contributed by atoms with Crippen LogP contribution < -0.4 is 5.73 Å². The van der Waals surface area contributed by atoms with Crippen LogP contribution in [-0.4, -0.2) is 23.0 Å². The normalized spacial score (nSPS) is 10.1. The molecule has 2 aromatic rings. The number of thiophene rings is 1. The van der Waals surface area contributed by atoms with Crippen LogP contribution in [-0.2, 0) is 4.74 Å². The Bertz CT molecular complexity index is 511. The summed E-state index contributed by atoms with van der Waals surface area (Å²) >= 11 is 1.51. The molecule has 0 bridgehead atoms. The number of hydrogen-bond donors (Lipinski definition) is 1. The Kier molecular flexibility index (Phi) is 2.82. The number of nitrogens with zero attached hydrogens (tertiary/aromatic N) is 2. The first-order valence-electron chi connectivity index (χ1n) is 4.47. The van der Waals surface area contributed by atoms with Crippen molar-refractivity contribution in [3.05, 3.63) is 29.4 Å². The highest BCUT2D eigenvalue weighted by Gasteiger charge is 2.14. The van der Waals surface area contributed by atoms with Crippen molar-refractivity contribution in [2.24, 2.45) is 0 Å². The number of carbonyl (C=O) groups is 1. The van der Waals surface area contributed by atoms with Gasteiger partial charge in [-0.15, -0.1) is 11.3 Å². The van der Waals surface area contributed by atoms with E-state index in [0.717, 1.165) is 4.88 Å². The van der Waals surface area contributed by atoms with Crippen molar-refractivity contribution in [3.63, 3.8) is 0 Å². The number of anilines is 1. The molecule has 0 amide bonds. The van der Waals surface area contributed by atoms with Gasteiger partial charge < -0.3 is 10.5 Å². The molecular weight excluding hydrogens is 226 g/mol. The van der Waals surface area contributed by atoms with Crippen molar-refractivity contribution in [1.82, 2.24) is 9.97 Å². The second-order valence-electron chi connectivity index (χ2n) is 2.96. The zero-order chi connectivity index (χ0) is 11.5. The Morgan fingerprint density at radius 3 is 3.00 bits per heavy atom. The van der Waals surface area contributed by atoms with E-state index in [1.165, 1.54) is 24.6 Å². The summed E-state index contributed by atoms with van der Waals surface area (Å²) in [6, 6.07) is 3.79. The molecule has 0 saturated heterocycles. The summed E-state index contributed by atoms with van der Waals surface area (Å²) in [5, 5.41) is 1.92. The van der Waals surface area contributed by atoms with Gasteiger partial charge in [0.15, 0.2) is 11.5 Å². The average molecular weight is 235 g/mol. The molecule has 0 spiro atoms. The molecule has 2 N–H and O–H groups in total. The lowest BCUT2D eigenvalue weighted by molar-refractivity contribution is 0.0595. The van der Waals surface area contributed by atoms with Crippen LogP contribution in [0.2, 0.25) is 0 Å². The van der Waals surface area contributed by atoms with E-state index in [4.69, 9.17) is 5.73 Å². The number of esters is 1. The summed E-state index contributed by atoms with van der Waals surface area (Å²) in [7, 11) is 1.28. The molecule has 0 aliphatic rings. The number of nitrogens with two attached hydrogens (primary N) is 1. The molecule has 6 heteroatoms. The molecule has 2 aromatic heterocycles. The number of ether oxygens (including phenoxy) is 1. The third-order valence-corrected chi connectivity index (χ3v) is 2.85. The molecule has 0 saturated carbocycles. The minimum absolute atomic E-state index is 0.0494. The quantitative estimate of drug-likeness (QED) is 0.799. The minimum Gasteiger partial charge on any atom is -0.464 e. The van der Waals surface area contributed by atoms with Gasteiger partial charge in [-0.3, -0.25) is 0 Å². The zero-order valence-electron chi connectivity index (χ0n) is 8.51. The van der Waals surface area contributed by atoms with E-state index in [-0.39, 0.29) is 11.5 Å². The zero-order valence-corrected chi connectivity index (χ0v) is 9.32. The van der Waals surface area contributed by atoms with Crippen LogP contribution in [0.1, 0.15) is 10.5 Å². The summed E-state index contributed by atoms with van der Waals surface area (Å²) < 4.78 is 4.57. The predicted octanol–water partition coefficient (Wildman–Crippen LogP) is 1.57. The number of methoxy groups -OCH3 is 1. The average Bonchev–Trinajstić information content (AvgIpc) is 2.82. The highest BCUT2D eigenvalue weighted by atomic mass is 32.1. The van der Waals surface area contributed by atoms with Gasteiger partial charge in [-0.25, -0.2) is 14.8 Å². The molecular formula is C10H9N3O2S. The Labute approximate surface area is 95.9 Å². The van der Waals surface area contributed by atoms with Gasteiger partial charge in [0, 0.05) is 0 Å². The molecule has 82 valence electrons. The van der Waals surface area contributed by atoms with Crippen LogP contribution in [0.5, 0.6) is 0 Å². The van der Waals surface area contributed by atoms with E-state index >= 15 is 0 Å². The van der Waals surface area contributed by atoms with E-state index in [2.05, 4.69) is 14.7 Å². The molecule has 0 radical (unpaired) electrons. The van der Waals surface area contributed by atoms with Crippen molar-refractivity contribution in [3.8, 4) is 10.6 Å². The lowest BCUT2D eigenvalue weighted by atomic mass is 10.3. The number of hydrogen-bond acceptors (Lipinski definition) is 6. The number of carbonyl (C=O) groups excluding carboxylic acids is 1. The predicted molar refractivity (Wildman–Crippen MR) is 61.1 cm³/mol. The van der Waals surface area contributed by atoms with E-state index in [9.17, 15) is 4.79 Å². The van der Waals surface area contributed by atoms with E-state index in [1.807, 2.05) is 17.5 Å². The van der Waals surface area contributed by atoms with Gasteiger partial charge in [0.2, 0.25) is 0 Å². The summed E-state index contributed by atoms with van der Waals surface area (Å²) in [6.07, 6.45) is 1.54. The van der Waals surface area contributed by atoms with Crippen molar-refractivity contribution >= 4 is 23.1 Å². The van der Waals surface area contributed by atoms with Crippen LogP contribution in [0.3, 0.4) is 0 Å². The van der Waals surface area contributed by atoms with Crippen molar-refractivity contribution in [1.29, 1.82) is 0 Å². The molecule has 0 fully saturated rings. The third kappa shape index (κ3) is 1.87. The smallest absolute Gasteiger partial charge is 0.360 e. The topological polar surface area (TPSA) is 78.1 Å². The molecule has 0 aliphatic heterocycles. The fourth-order valence-corrected chi connectivity index (χ4v) is 1.87. The molecule has 0 aliphatic carbocycles. The number of rotatable bonds is 2. The lowest BCUT2D eigenvalue weighted by Crippen LogP contribution is -2.10. The van der Waals surface area contributed by atoms with Crippen molar-refractivity contribution in [2.75, 3.05) is 12.8 Å². The number of nitrogen functional groups attached to an aromatic ring is 1. The second-order valence-corrected chi connectivity index (χ2v) is 3.91. The molecule has 0 aromatic carbocycles. The first-order valence-corrected chi connectivity index (χ1v) is 5.35. The van der Waals surface area contributed by atoms with Gasteiger partial charge in [0.05, 0.1) is 23.9 Å². The van der Waals surface area contributed by atoms with Gasteiger partial charge in [-0.2, -0.15) is 0 Å². The molecule has 0 atom stereocenters. The van der Waals surface area contributed by atoms with Crippen molar-refractivity contribution in [2.45, 2.75) is 0 Å². The van der Waals surface area contributed by atoms with Gasteiger partial charge in [-0.1, -0.05) is 6.07 Å². The van der Waals surface area contributed by atoms with Gasteiger partial charge in [0.1, 0.15) is 0 Å². The SMILES string of the molecule is COC(=O)c1nc(-c2cccs2)cnc1N. The maximum Gasteiger partial charge on any atom is 0.360 e. The Balaban J connectivity index is 2.47. The van der Waals surface area contributed by atoms with Gasteiger partial charge >= 0.3 is 5.97 Å². The largest absolute Gasteiger partial charge is 0.464 e. The summed E-state index contributed by atoms with van der Waals surface area (Å²) in [5.74, 6) is -0.504. The molecule has 2 rings (SSSR count). The highest BCUT2D eigenvalue weighted by molar-refractivity contribution is 7.13. The Hall–Kier alpha value is -1.95. The maximum absolute atomic E-state index is 11.4. The maximum atomic E-state index is 11.4. The minimum atomic E-state index is -0.580. The van der Waals surface area contributed by atoms with Crippen LogP contribution in [0.25, 0.3) is 10.6 Å². The first-order chi connectivity index (χ1) is 7.72.